The van der Waals surface area contributed by atoms with E-state index in [1.165, 1.54) is 4.90 Å². The first-order chi connectivity index (χ1) is 9.50. The average molecular weight is 278 g/mol. The number of hydrogen-bond donors (Lipinski definition) is 2. The number of hydrogen-bond acceptors (Lipinski definition) is 3. The molecule has 4 amide bonds. The standard InChI is InChI=1S/C13H18N4O3/c1-7-9-10(8-5-4-6-20-8)16(2)13(19)15-11(9)17(3)12(18)14-7/h4-7,9-11H,1-3H3,(H,14,18)(H,15,19). The van der Waals surface area contributed by atoms with Gasteiger partial charge in [0, 0.05) is 26.1 Å². The molecule has 2 saturated heterocycles. The number of urea groups is 2. The van der Waals surface area contributed by atoms with Gasteiger partial charge in [0.2, 0.25) is 0 Å². The molecule has 0 saturated carbocycles. The quantitative estimate of drug-likeness (QED) is 0.803. The first kappa shape index (κ1) is 12.8. The Morgan fingerprint density at radius 1 is 1.15 bits per heavy atom. The van der Waals surface area contributed by atoms with Gasteiger partial charge in [-0.25, -0.2) is 9.59 Å². The summed E-state index contributed by atoms with van der Waals surface area (Å²) in [6.45, 7) is 1.95. The topological polar surface area (TPSA) is 77.8 Å². The summed E-state index contributed by atoms with van der Waals surface area (Å²) >= 11 is 0. The molecule has 2 fully saturated rings. The highest BCUT2D eigenvalue weighted by Gasteiger charge is 2.50. The summed E-state index contributed by atoms with van der Waals surface area (Å²) in [5.41, 5.74) is 0. The van der Waals surface area contributed by atoms with E-state index < -0.39 is 0 Å². The van der Waals surface area contributed by atoms with E-state index in [1.54, 1.807) is 31.3 Å². The fraction of sp³-hybridized carbons (Fsp3) is 0.538. The number of fused-ring (bicyclic) bond motifs is 1. The van der Waals surface area contributed by atoms with Crippen LogP contribution in [0.4, 0.5) is 9.59 Å². The van der Waals surface area contributed by atoms with Crippen LogP contribution in [-0.4, -0.2) is 48.2 Å². The second-order valence-corrected chi connectivity index (χ2v) is 5.39. The van der Waals surface area contributed by atoms with E-state index in [-0.39, 0.29) is 36.2 Å². The maximum Gasteiger partial charge on any atom is 0.319 e. The van der Waals surface area contributed by atoms with E-state index in [4.69, 9.17) is 4.42 Å². The Balaban J connectivity index is 2.02. The lowest BCUT2D eigenvalue weighted by atomic mass is 9.83. The molecule has 2 aliphatic heterocycles. The predicted molar refractivity (Wildman–Crippen MR) is 70.8 cm³/mol. The fourth-order valence-electron chi connectivity index (χ4n) is 3.14. The van der Waals surface area contributed by atoms with Crippen molar-refractivity contribution in [3.63, 3.8) is 0 Å². The summed E-state index contributed by atoms with van der Waals surface area (Å²) < 4.78 is 5.50. The van der Waals surface area contributed by atoms with E-state index in [0.29, 0.717) is 0 Å². The summed E-state index contributed by atoms with van der Waals surface area (Å²) in [5, 5.41) is 5.80. The molecule has 0 bridgehead atoms. The first-order valence-electron chi connectivity index (χ1n) is 6.60. The average Bonchev–Trinajstić information content (AvgIpc) is 2.92. The molecule has 0 aromatic carbocycles. The Bertz CT molecular complexity index is 530. The van der Waals surface area contributed by atoms with Crippen molar-refractivity contribution in [3.05, 3.63) is 24.2 Å². The van der Waals surface area contributed by atoms with Gasteiger partial charge in [-0.2, -0.15) is 0 Å². The summed E-state index contributed by atoms with van der Waals surface area (Å²) in [5.74, 6) is 0.736. The van der Waals surface area contributed by atoms with Gasteiger partial charge in [-0.15, -0.1) is 0 Å². The molecule has 2 aliphatic rings. The van der Waals surface area contributed by atoms with Crippen LogP contribution < -0.4 is 10.6 Å². The molecule has 0 aliphatic carbocycles. The van der Waals surface area contributed by atoms with E-state index in [9.17, 15) is 9.59 Å². The van der Waals surface area contributed by atoms with Crippen molar-refractivity contribution >= 4 is 12.1 Å². The zero-order valence-electron chi connectivity index (χ0n) is 11.7. The number of nitrogens with one attached hydrogen (secondary N) is 2. The fourth-order valence-corrected chi connectivity index (χ4v) is 3.14. The molecule has 4 unspecified atom stereocenters. The lowest BCUT2D eigenvalue weighted by molar-refractivity contribution is 0.0175. The van der Waals surface area contributed by atoms with E-state index in [2.05, 4.69) is 10.6 Å². The van der Waals surface area contributed by atoms with Gasteiger partial charge in [0.25, 0.3) is 0 Å². The smallest absolute Gasteiger partial charge is 0.319 e. The van der Waals surface area contributed by atoms with Gasteiger partial charge in [-0.05, 0) is 19.1 Å². The molecule has 4 atom stereocenters. The SMILES string of the molecule is CC1NC(=O)N(C)C2NC(=O)N(C)C(c3ccco3)C12. The Morgan fingerprint density at radius 2 is 1.85 bits per heavy atom. The molecule has 108 valence electrons. The van der Waals surface area contributed by atoms with Crippen molar-refractivity contribution < 1.29 is 14.0 Å². The van der Waals surface area contributed by atoms with Crippen LogP contribution in [0.1, 0.15) is 18.7 Å². The Kier molecular flexibility index (Phi) is 2.84. The molecule has 3 heterocycles. The highest BCUT2D eigenvalue weighted by atomic mass is 16.3. The normalized spacial score (nSPS) is 33.5. The van der Waals surface area contributed by atoms with Gasteiger partial charge in [0.1, 0.15) is 11.9 Å². The van der Waals surface area contributed by atoms with Crippen LogP contribution in [0.2, 0.25) is 0 Å². The molecule has 0 radical (unpaired) electrons. The molecular formula is C13H18N4O3. The van der Waals surface area contributed by atoms with Crippen LogP contribution in [-0.2, 0) is 0 Å². The third kappa shape index (κ3) is 1.73. The molecule has 3 rings (SSSR count). The van der Waals surface area contributed by atoms with Gasteiger partial charge in [-0.3, -0.25) is 0 Å². The molecule has 1 aromatic rings. The number of carbonyl (C=O) groups is 2. The Hall–Kier alpha value is -2.18. The van der Waals surface area contributed by atoms with E-state index in [1.807, 2.05) is 13.0 Å². The van der Waals surface area contributed by atoms with Crippen LogP contribution in [0.25, 0.3) is 0 Å². The van der Waals surface area contributed by atoms with Crippen LogP contribution in [0.5, 0.6) is 0 Å². The Labute approximate surface area is 116 Å². The first-order valence-corrected chi connectivity index (χ1v) is 6.60. The van der Waals surface area contributed by atoms with E-state index in [0.717, 1.165) is 5.76 Å². The van der Waals surface area contributed by atoms with Gasteiger partial charge >= 0.3 is 12.1 Å². The summed E-state index contributed by atoms with van der Waals surface area (Å²) in [7, 11) is 3.42. The third-order valence-electron chi connectivity index (χ3n) is 4.24. The second kappa shape index (κ2) is 4.43. The van der Waals surface area contributed by atoms with Crippen LogP contribution in [0, 0.1) is 5.92 Å². The highest BCUT2D eigenvalue weighted by Crippen LogP contribution is 2.38. The minimum absolute atomic E-state index is 0.00606. The van der Waals surface area contributed by atoms with Gasteiger partial charge in [-0.1, -0.05) is 0 Å². The number of carbonyl (C=O) groups excluding carboxylic acids is 2. The van der Waals surface area contributed by atoms with Gasteiger partial charge < -0.3 is 24.9 Å². The molecule has 1 aromatic heterocycles. The van der Waals surface area contributed by atoms with Gasteiger partial charge in [0.15, 0.2) is 0 Å². The molecule has 2 N–H and O–H groups in total. The largest absolute Gasteiger partial charge is 0.467 e. The monoisotopic (exact) mass is 278 g/mol. The van der Waals surface area contributed by atoms with Crippen LogP contribution in [0.15, 0.2) is 22.8 Å². The van der Waals surface area contributed by atoms with Crippen LogP contribution >= 0.6 is 0 Å². The lowest BCUT2D eigenvalue weighted by Crippen LogP contribution is -2.71. The zero-order chi connectivity index (χ0) is 14.4. The highest BCUT2D eigenvalue weighted by molar-refractivity contribution is 5.80. The maximum absolute atomic E-state index is 12.1. The maximum atomic E-state index is 12.1. The van der Waals surface area contributed by atoms with Crippen molar-refractivity contribution in [2.45, 2.75) is 25.2 Å². The summed E-state index contributed by atoms with van der Waals surface area (Å²) in [4.78, 5) is 27.2. The number of furan rings is 1. The number of nitrogens with zero attached hydrogens (tertiary/aromatic N) is 2. The van der Waals surface area contributed by atoms with Crippen molar-refractivity contribution in [3.8, 4) is 0 Å². The van der Waals surface area contributed by atoms with Crippen molar-refractivity contribution in [2.75, 3.05) is 14.1 Å². The Morgan fingerprint density at radius 3 is 2.50 bits per heavy atom. The lowest BCUT2D eigenvalue weighted by Gasteiger charge is -2.51. The molecular weight excluding hydrogens is 260 g/mol. The summed E-state index contributed by atoms with van der Waals surface area (Å²) in [6, 6.07) is 3.01. The molecule has 7 heteroatoms. The molecule has 7 nitrogen and oxygen atoms in total. The van der Waals surface area contributed by atoms with Crippen LogP contribution in [0.3, 0.4) is 0 Å². The zero-order valence-corrected chi connectivity index (χ0v) is 11.7. The number of rotatable bonds is 1. The molecule has 20 heavy (non-hydrogen) atoms. The van der Waals surface area contributed by atoms with E-state index >= 15 is 0 Å². The summed E-state index contributed by atoms with van der Waals surface area (Å²) in [6.07, 6.45) is 1.26. The minimum atomic E-state index is -0.336. The second-order valence-electron chi connectivity index (χ2n) is 5.39. The third-order valence-corrected chi connectivity index (χ3v) is 4.24. The minimum Gasteiger partial charge on any atom is -0.467 e. The predicted octanol–water partition coefficient (Wildman–Crippen LogP) is 0.961. The molecule has 0 spiro atoms. The van der Waals surface area contributed by atoms with Crippen molar-refractivity contribution in [1.82, 2.24) is 20.4 Å². The van der Waals surface area contributed by atoms with Gasteiger partial charge in [0.05, 0.1) is 12.3 Å². The number of amides is 4. The van der Waals surface area contributed by atoms with Crippen molar-refractivity contribution in [1.29, 1.82) is 0 Å². The van der Waals surface area contributed by atoms with Crippen molar-refractivity contribution in [2.24, 2.45) is 5.92 Å².